The first-order valence-electron chi connectivity index (χ1n) is 11.9. The van der Waals surface area contributed by atoms with Gasteiger partial charge in [0, 0.05) is 56.4 Å². The van der Waals surface area contributed by atoms with Gasteiger partial charge in [0.2, 0.25) is 0 Å². The Morgan fingerprint density at radius 2 is 2.20 bits per heavy atom. The first-order chi connectivity index (χ1) is 16.8. The van der Waals surface area contributed by atoms with Crippen LogP contribution in [0, 0.1) is 5.92 Å². The fourth-order valence-corrected chi connectivity index (χ4v) is 4.92. The molecule has 1 aromatic carbocycles. The number of nitrogens with one attached hydrogen (secondary N) is 1. The molecule has 4 rings (SSSR count). The maximum Gasteiger partial charge on any atom is 0.127 e. The molecule has 1 unspecified atom stereocenters. The third-order valence-corrected chi connectivity index (χ3v) is 6.56. The number of aliphatic imine (C=N–C) groups is 3. The summed E-state index contributed by atoms with van der Waals surface area (Å²) in [4.78, 5) is 15.3. The molecule has 1 aromatic rings. The molecule has 0 saturated heterocycles. The van der Waals surface area contributed by atoms with Crippen LogP contribution in [0.1, 0.15) is 31.7 Å². The number of nitrogens with two attached hydrogens (primary N) is 2. The van der Waals surface area contributed by atoms with Crippen molar-refractivity contribution in [3.8, 4) is 0 Å². The van der Waals surface area contributed by atoms with Crippen molar-refractivity contribution in [3.05, 3.63) is 59.6 Å². The Bertz CT molecular complexity index is 1090. The third-order valence-electron chi connectivity index (χ3n) is 6.56. The van der Waals surface area contributed by atoms with Crippen molar-refractivity contribution in [2.45, 2.75) is 37.9 Å². The minimum Gasteiger partial charge on any atom is -0.398 e. The summed E-state index contributed by atoms with van der Waals surface area (Å²) in [6, 6.07) is 5.58. The largest absolute Gasteiger partial charge is 0.398 e. The van der Waals surface area contributed by atoms with Gasteiger partial charge in [-0.15, -0.1) is 0 Å². The molecule has 2 aliphatic heterocycles. The number of rotatable bonds is 10. The van der Waals surface area contributed by atoms with E-state index in [4.69, 9.17) is 16.6 Å². The summed E-state index contributed by atoms with van der Waals surface area (Å²) < 4.78 is 13.7. The first kappa shape index (κ1) is 24.8. The van der Waals surface area contributed by atoms with Gasteiger partial charge in [0.15, 0.2) is 0 Å². The highest BCUT2D eigenvalue weighted by Gasteiger charge is 2.39. The van der Waals surface area contributed by atoms with Crippen LogP contribution >= 0.6 is 0 Å². The molecule has 0 aromatic heterocycles. The zero-order chi connectivity index (χ0) is 25.0. The van der Waals surface area contributed by atoms with Crippen molar-refractivity contribution in [2.75, 3.05) is 37.4 Å². The highest BCUT2D eigenvalue weighted by molar-refractivity contribution is 5.97. The number of nitrogen functional groups attached to an aromatic ring is 1. The summed E-state index contributed by atoms with van der Waals surface area (Å²) >= 11 is 0. The molecule has 8 nitrogen and oxygen atoms in total. The molecule has 3 aliphatic rings. The van der Waals surface area contributed by atoms with E-state index in [9.17, 15) is 4.39 Å². The Hall–Kier alpha value is -3.30. The number of fused-ring (bicyclic) bond motifs is 1. The molecule has 0 bridgehead atoms. The van der Waals surface area contributed by atoms with E-state index in [-0.39, 0.29) is 6.04 Å². The highest BCUT2D eigenvalue weighted by Crippen LogP contribution is 2.40. The quantitative estimate of drug-likeness (QED) is 0.207. The van der Waals surface area contributed by atoms with Gasteiger partial charge in [-0.25, -0.2) is 10.2 Å². The minimum atomic E-state index is -0.971. The predicted molar refractivity (Wildman–Crippen MR) is 144 cm³/mol. The van der Waals surface area contributed by atoms with Gasteiger partial charge in [-0.2, -0.15) is 0 Å². The minimum absolute atomic E-state index is 0.0399. The molecule has 9 heteroatoms. The van der Waals surface area contributed by atoms with Gasteiger partial charge in [0.25, 0.3) is 0 Å². The Kier molecular flexibility index (Phi) is 7.47. The smallest absolute Gasteiger partial charge is 0.127 e. The van der Waals surface area contributed by atoms with Crippen LogP contribution in [0.5, 0.6) is 0 Å². The maximum atomic E-state index is 13.7. The molecular weight excluding hydrogens is 443 g/mol. The molecule has 1 atom stereocenters. The van der Waals surface area contributed by atoms with Gasteiger partial charge < -0.3 is 16.0 Å². The molecular formula is C26H35FN8. The second-order valence-corrected chi connectivity index (χ2v) is 9.71. The average molecular weight is 479 g/mol. The summed E-state index contributed by atoms with van der Waals surface area (Å²) in [6.07, 6.45) is 11.6. The standard InChI is InChI=1S/C26H35FN8/c1-26(27)10-19(11-26)13-32-12-18-7-8-25-33-21(16-34(25)15-18)9-20(31-3)17-35(29)24-6-4-5-23(28)22(24)14-30-2/h4-8,14-15,17,19,21,32H,3,9-13,16,28-29H2,1-2H3/b20-17-,30-14?. The van der Waals surface area contributed by atoms with Gasteiger partial charge in [0.1, 0.15) is 11.5 Å². The number of halogens is 1. The van der Waals surface area contributed by atoms with E-state index in [1.807, 2.05) is 24.3 Å². The van der Waals surface area contributed by atoms with Crippen LogP contribution in [0.4, 0.5) is 15.8 Å². The Labute approximate surface area is 206 Å². The van der Waals surface area contributed by atoms with Crippen LogP contribution in [-0.2, 0) is 0 Å². The molecule has 1 saturated carbocycles. The zero-order valence-corrected chi connectivity index (χ0v) is 20.5. The monoisotopic (exact) mass is 478 g/mol. The van der Waals surface area contributed by atoms with E-state index in [0.29, 0.717) is 30.9 Å². The van der Waals surface area contributed by atoms with E-state index in [1.165, 1.54) is 10.6 Å². The van der Waals surface area contributed by atoms with E-state index in [0.717, 1.165) is 42.4 Å². The van der Waals surface area contributed by atoms with Crippen LogP contribution in [0.15, 0.2) is 69.0 Å². The Morgan fingerprint density at radius 3 is 2.91 bits per heavy atom. The molecule has 1 fully saturated rings. The molecule has 2 heterocycles. The van der Waals surface area contributed by atoms with Gasteiger partial charge in [-0.3, -0.25) is 20.0 Å². The molecule has 0 radical (unpaired) electrons. The molecule has 35 heavy (non-hydrogen) atoms. The SMILES string of the molecule is C=N/C(=C\N(N)c1cccc(N)c1C=NC)CC1CN2C=C(CNCC3CC(C)(F)C3)C=CC2=N1. The Balaban J connectivity index is 1.34. The number of hydrazine groups is 1. The van der Waals surface area contributed by atoms with Crippen molar-refractivity contribution in [2.24, 2.45) is 26.7 Å². The van der Waals surface area contributed by atoms with Crippen molar-refractivity contribution < 1.29 is 4.39 Å². The van der Waals surface area contributed by atoms with Crippen molar-refractivity contribution >= 4 is 30.1 Å². The normalized spacial score (nSPS) is 25.8. The van der Waals surface area contributed by atoms with Crippen LogP contribution < -0.4 is 21.9 Å². The molecule has 0 spiro atoms. The first-order valence-corrected chi connectivity index (χ1v) is 11.9. The van der Waals surface area contributed by atoms with Crippen LogP contribution in [0.3, 0.4) is 0 Å². The topological polar surface area (TPSA) is 108 Å². The van der Waals surface area contributed by atoms with Gasteiger partial charge >= 0.3 is 0 Å². The number of nitrogens with zero attached hydrogens (tertiary/aromatic N) is 5. The predicted octanol–water partition coefficient (Wildman–Crippen LogP) is 3.19. The lowest BCUT2D eigenvalue weighted by Crippen LogP contribution is -2.42. The van der Waals surface area contributed by atoms with Gasteiger partial charge in [-0.05, 0) is 62.7 Å². The molecule has 0 amide bonds. The lowest BCUT2D eigenvalue weighted by atomic mass is 9.73. The van der Waals surface area contributed by atoms with Gasteiger partial charge in [-0.1, -0.05) is 12.1 Å². The van der Waals surface area contributed by atoms with E-state index < -0.39 is 5.67 Å². The molecule has 186 valence electrons. The molecule has 5 N–H and O–H groups in total. The third kappa shape index (κ3) is 6.04. The number of amidine groups is 1. The number of hydrogen-bond donors (Lipinski definition) is 3. The second-order valence-electron chi connectivity index (χ2n) is 9.71. The average Bonchev–Trinajstić information content (AvgIpc) is 3.20. The van der Waals surface area contributed by atoms with Crippen LogP contribution in [0.2, 0.25) is 0 Å². The van der Waals surface area contributed by atoms with Crippen molar-refractivity contribution in [1.29, 1.82) is 0 Å². The molecule has 1 aliphatic carbocycles. The van der Waals surface area contributed by atoms with Crippen LogP contribution in [0.25, 0.3) is 0 Å². The summed E-state index contributed by atoms with van der Waals surface area (Å²) in [5, 5.41) is 4.96. The van der Waals surface area contributed by atoms with E-state index in [2.05, 4.69) is 39.2 Å². The van der Waals surface area contributed by atoms with Crippen LogP contribution in [-0.4, -0.2) is 62.1 Å². The number of hydrogen-bond acceptors (Lipinski definition) is 8. The number of benzene rings is 1. The highest BCUT2D eigenvalue weighted by atomic mass is 19.1. The fourth-order valence-electron chi connectivity index (χ4n) is 4.92. The lowest BCUT2D eigenvalue weighted by molar-refractivity contribution is 0.0262. The van der Waals surface area contributed by atoms with E-state index in [1.54, 1.807) is 26.4 Å². The Morgan fingerprint density at radius 1 is 1.40 bits per heavy atom. The maximum absolute atomic E-state index is 13.7. The number of alkyl halides is 1. The van der Waals surface area contributed by atoms with Crippen molar-refractivity contribution in [3.63, 3.8) is 0 Å². The van der Waals surface area contributed by atoms with Gasteiger partial charge in [0.05, 0.1) is 17.4 Å². The zero-order valence-electron chi connectivity index (χ0n) is 20.5. The second kappa shape index (κ2) is 10.5. The summed E-state index contributed by atoms with van der Waals surface area (Å²) in [5.41, 5.74) is 9.13. The fraction of sp³-hybridized carbons (Fsp3) is 0.423. The van der Waals surface area contributed by atoms with E-state index >= 15 is 0 Å². The lowest BCUT2D eigenvalue weighted by Gasteiger charge is -2.38. The van der Waals surface area contributed by atoms with Crippen molar-refractivity contribution in [1.82, 2.24) is 10.2 Å². The summed E-state index contributed by atoms with van der Waals surface area (Å²) in [6.45, 7) is 7.78. The summed E-state index contributed by atoms with van der Waals surface area (Å²) in [7, 11) is 1.69. The summed E-state index contributed by atoms with van der Waals surface area (Å²) in [5.74, 6) is 7.71. The number of anilines is 2.